The molecule has 0 radical (unpaired) electrons. The fourth-order valence-electron chi connectivity index (χ4n) is 8.46. The first-order valence-electron chi connectivity index (χ1n) is 18.3. The van der Waals surface area contributed by atoms with E-state index in [0.717, 1.165) is 65.1 Å². The molecule has 2 aromatic heterocycles. The molecule has 0 atom stereocenters. The first kappa shape index (κ1) is 31.5. The molecular weight excluding hydrogens is 773 g/mol. The van der Waals surface area contributed by atoms with Crippen molar-refractivity contribution < 1.29 is 25.6 Å². The van der Waals surface area contributed by atoms with Gasteiger partial charge in [-0.15, -0.1) is 0 Å². The average Bonchev–Trinajstić information content (AvgIpc) is 3.75. The van der Waals surface area contributed by atoms with Crippen molar-refractivity contribution in [2.75, 3.05) is 0 Å². The number of fused-ring (bicyclic) bond motifs is 10. The van der Waals surface area contributed by atoms with Gasteiger partial charge >= 0.3 is 264 Å². The molecule has 5 heteroatoms. The van der Waals surface area contributed by atoms with Crippen molar-refractivity contribution in [1.29, 1.82) is 0 Å². The Bertz CT molecular complexity index is 3080. The fraction of sp³-hybridized carbons (Fsp3) is 0.0612. The quantitative estimate of drug-likeness (QED) is 0.164. The third kappa shape index (κ3) is 4.74. The molecule has 0 amide bonds. The summed E-state index contributed by atoms with van der Waals surface area (Å²) >= 11 is -0.560. The number of halogens is 1. The minimum absolute atomic E-state index is 0.103. The van der Waals surface area contributed by atoms with Gasteiger partial charge in [-0.2, -0.15) is 0 Å². The molecule has 4 nitrogen and oxygen atoms in total. The van der Waals surface area contributed by atoms with Crippen molar-refractivity contribution >= 4 is 59.0 Å². The van der Waals surface area contributed by atoms with Gasteiger partial charge < -0.3 is 0 Å². The zero-order chi connectivity index (χ0) is 36.0. The minimum atomic E-state index is -0.560. The molecule has 7 aromatic carbocycles. The predicted molar refractivity (Wildman–Crippen MR) is 220 cm³/mol. The SMILES string of the molecule is CC1(C)c2ccccc2-c2cc3c4ccc5c6ccc(C7=C[I-]C(c8ccccc8)=NC(c8ccccc8)=N7)cc6oc5c4n(-c4ccccc4)c3cc21. The number of benzene rings is 7. The third-order valence-electron chi connectivity index (χ3n) is 11.1. The van der Waals surface area contributed by atoms with E-state index >= 15 is 0 Å². The Morgan fingerprint density at radius 1 is 0.556 bits per heavy atom. The van der Waals surface area contributed by atoms with Gasteiger partial charge in [0.2, 0.25) is 0 Å². The summed E-state index contributed by atoms with van der Waals surface area (Å²) in [5.41, 5.74) is 14.5. The average molecular weight is 807 g/mol. The maximum absolute atomic E-state index is 7.00. The van der Waals surface area contributed by atoms with Gasteiger partial charge in [0, 0.05) is 5.41 Å². The number of furan rings is 1. The summed E-state index contributed by atoms with van der Waals surface area (Å²) in [4.78, 5) is 10.4. The number of amidine groups is 1. The molecule has 9 aromatic rings. The molecule has 11 rings (SSSR count). The van der Waals surface area contributed by atoms with Gasteiger partial charge in [0.1, 0.15) is 0 Å². The molecule has 0 saturated heterocycles. The van der Waals surface area contributed by atoms with Crippen LogP contribution in [0.3, 0.4) is 0 Å². The number of nitrogens with zero attached hydrogens (tertiary/aromatic N) is 3. The van der Waals surface area contributed by atoms with Crippen LogP contribution in [0.4, 0.5) is 0 Å². The van der Waals surface area contributed by atoms with Crippen LogP contribution in [0, 0.1) is 0 Å². The van der Waals surface area contributed by atoms with Crippen LogP contribution in [0.2, 0.25) is 0 Å². The van der Waals surface area contributed by atoms with E-state index in [-0.39, 0.29) is 5.41 Å². The fourth-order valence-corrected chi connectivity index (χ4v) is 10.6. The summed E-state index contributed by atoms with van der Waals surface area (Å²) in [7, 11) is 0. The normalized spacial score (nSPS) is 15.0. The summed E-state index contributed by atoms with van der Waals surface area (Å²) in [6.07, 6.45) is 0. The molecule has 2 aliphatic rings. The van der Waals surface area contributed by atoms with Crippen molar-refractivity contribution in [2.45, 2.75) is 19.3 Å². The number of rotatable bonds is 4. The summed E-state index contributed by atoms with van der Waals surface area (Å²) in [5.74, 6) is 0.731. The van der Waals surface area contributed by atoms with Crippen molar-refractivity contribution in [3.05, 3.63) is 190 Å². The molecule has 0 N–H and O–H groups in total. The Morgan fingerprint density at radius 3 is 2.04 bits per heavy atom. The summed E-state index contributed by atoms with van der Waals surface area (Å²) in [6, 6.07) is 56.3. The summed E-state index contributed by atoms with van der Waals surface area (Å²) in [5, 5.41) is 4.61. The number of aliphatic imine (C=N–C) groups is 2. The second kappa shape index (κ2) is 12.0. The van der Waals surface area contributed by atoms with Crippen molar-refractivity contribution in [2.24, 2.45) is 9.98 Å². The van der Waals surface area contributed by atoms with Gasteiger partial charge in [-0.1, -0.05) is 44.2 Å². The van der Waals surface area contributed by atoms with Crippen LogP contribution >= 0.6 is 0 Å². The number of hydrogen-bond donors (Lipinski definition) is 0. The summed E-state index contributed by atoms with van der Waals surface area (Å²) < 4.78 is 12.8. The van der Waals surface area contributed by atoms with Crippen LogP contribution in [-0.2, 0) is 5.41 Å². The van der Waals surface area contributed by atoms with E-state index in [0.29, 0.717) is 0 Å². The maximum atomic E-state index is 7.00. The third-order valence-corrected chi connectivity index (χ3v) is 13.5. The molecule has 0 fully saturated rings. The summed E-state index contributed by atoms with van der Waals surface area (Å²) in [6.45, 7) is 4.70. The Hall–Kier alpha value is -6.05. The van der Waals surface area contributed by atoms with Crippen LogP contribution in [0.25, 0.3) is 66.3 Å². The Morgan fingerprint density at radius 2 is 1.24 bits per heavy atom. The molecule has 54 heavy (non-hydrogen) atoms. The van der Waals surface area contributed by atoms with E-state index in [1.54, 1.807) is 0 Å². The van der Waals surface area contributed by atoms with Crippen LogP contribution < -0.4 is 21.2 Å². The van der Waals surface area contributed by atoms with E-state index in [2.05, 4.69) is 156 Å². The van der Waals surface area contributed by atoms with Crippen LogP contribution in [0.1, 0.15) is 41.7 Å². The monoisotopic (exact) mass is 806 g/mol. The molecule has 0 unspecified atom stereocenters. The van der Waals surface area contributed by atoms with Crippen LogP contribution in [-0.4, -0.2) is 14.1 Å². The Balaban J connectivity index is 1.12. The zero-order valence-electron chi connectivity index (χ0n) is 29.7. The van der Waals surface area contributed by atoms with Crippen molar-refractivity contribution in [3.8, 4) is 16.8 Å². The van der Waals surface area contributed by atoms with E-state index in [9.17, 15) is 0 Å². The standard InChI is InChI=1S/C49H33IN3O/c1-49(2)40-21-13-12-20-34(40)38-27-39-36-24-25-37-35-23-22-32(26-44(35)54-46(37)45(36)53(43(39)28-41(38)49)33-18-10-5-11-19-33)42-29-50-47(30-14-6-3-7-15-30)52-48(51-42)31-16-8-4-9-17-31/h3-29H,1-2H3/q-1. The van der Waals surface area contributed by atoms with Crippen molar-refractivity contribution in [1.82, 2.24) is 4.57 Å². The van der Waals surface area contributed by atoms with Gasteiger partial charge in [0.05, 0.1) is 0 Å². The zero-order valence-corrected chi connectivity index (χ0v) is 31.9. The topological polar surface area (TPSA) is 42.8 Å². The molecule has 0 bridgehead atoms. The molecule has 0 saturated carbocycles. The molecule has 1 aliphatic heterocycles. The van der Waals surface area contributed by atoms with E-state index in [1.807, 2.05) is 24.3 Å². The second-order valence-electron chi connectivity index (χ2n) is 14.6. The van der Waals surface area contributed by atoms with Gasteiger partial charge in [-0.3, -0.25) is 0 Å². The van der Waals surface area contributed by atoms with Gasteiger partial charge in [0.25, 0.3) is 0 Å². The van der Waals surface area contributed by atoms with E-state index < -0.39 is 21.2 Å². The first-order valence-corrected chi connectivity index (χ1v) is 20.6. The molecular formula is C49H33IN3O-. The molecule has 258 valence electrons. The van der Waals surface area contributed by atoms with Gasteiger partial charge in [-0.05, 0) is 11.1 Å². The van der Waals surface area contributed by atoms with Crippen LogP contribution in [0.15, 0.2) is 176 Å². The molecule has 0 spiro atoms. The first-order chi connectivity index (χ1) is 26.5. The Kier molecular flexibility index (Phi) is 6.98. The van der Waals surface area contributed by atoms with E-state index in [4.69, 9.17) is 14.4 Å². The number of aromatic nitrogens is 1. The molecule has 1 aliphatic carbocycles. The Labute approximate surface area is 323 Å². The van der Waals surface area contributed by atoms with Gasteiger partial charge in [-0.25, -0.2) is 0 Å². The number of para-hydroxylation sites is 1. The van der Waals surface area contributed by atoms with Gasteiger partial charge in [0.15, 0.2) is 0 Å². The van der Waals surface area contributed by atoms with Crippen molar-refractivity contribution in [3.63, 3.8) is 0 Å². The second-order valence-corrected chi connectivity index (χ2v) is 16.8. The predicted octanol–water partition coefficient (Wildman–Crippen LogP) is 9.28. The van der Waals surface area contributed by atoms with E-state index in [1.165, 1.54) is 38.5 Å². The number of hydrogen-bond acceptors (Lipinski definition) is 3. The van der Waals surface area contributed by atoms with Crippen LogP contribution in [0.5, 0.6) is 0 Å². The molecule has 3 heterocycles.